The van der Waals surface area contributed by atoms with E-state index in [-0.39, 0.29) is 12.5 Å². The van der Waals surface area contributed by atoms with Crippen LogP contribution < -0.4 is 10.2 Å². The summed E-state index contributed by atoms with van der Waals surface area (Å²) in [7, 11) is 0. The standard InChI is InChI=1S/C18H25ClN4O2/c1-12(2)18-22-21-17(25-18)10-20-15-9-14(19)3-4-16(15)23-7-5-13(11-24)6-8-23/h3-4,9,12-13,20,24H,5-8,10-11H2,1-2H3. The molecule has 3 rings (SSSR count). The number of rotatable bonds is 6. The first-order chi connectivity index (χ1) is 12.1. The van der Waals surface area contributed by atoms with Crippen molar-refractivity contribution < 1.29 is 9.52 Å². The number of hydrogen-bond acceptors (Lipinski definition) is 6. The summed E-state index contributed by atoms with van der Waals surface area (Å²) in [6, 6.07) is 5.87. The summed E-state index contributed by atoms with van der Waals surface area (Å²) in [5.41, 5.74) is 2.07. The topological polar surface area (TPSA) is 74.4 Å². The Morgan fingerprint density at radius 1 is 1.32 bits per heavy atom. The van der Waals surface area contributed by atoms with Gasteiger partial charge >= 0.3 is 0 Å². The normalized spacial score (nSPS) is 15.8. The summed E-state index contributed by atoms with van der Waals surface area (Å²) >= 11 is 6.19. The van der Waals surface area contributed by atoms with Gasteiger partial charge in [0.25, 0.3) is 0 Å². The molecule has 6 nitrogen and oxygen atoms in total. The van der Waals surface area contributed by atoms with Gasteiger partial charge in [0.1, 0.15) is 0 Å². The molecule has 2 N–H and O–H groups in total. The first-order valence-corrected chi connectivity index (χ1v) is 9.16. The predicted molar refractivity (Wildman–Crippen MR) is 99.2 cm³/mol. The minimum Gasteiger partial charge on any atom is -0.423 e. The van der Waals surface area contributed by atoms with Crippen LogP contribution in [0, 0.1) is 5.92 Å². The van der Waals surface area contributed by atoms with Gasteiger partial charge in [0.15, 0.2) is 0 Å². The zero-order valence-corrected chi connectivity index (χ0v) is 15.5. The second-order valence-electron chi connectivity index (χ2n) is 6.82. The summed E-state index contributed by atoms with van der Waals surface area (Å²) in [5, 5.41) is 21.5. The number of piperidine rings is 1. The minimum absolute atomic E-state index is 0.218. The van der Waals surface area contributed by atoms with E-state index < -0.39 is 0 Å². The van der Waals surface area contributed by atoms with Crippen LogP contribution in [0.2, 0.25) is 5.02 Å². The quantitative estimate of drug-likeness (QED) is 0.814. The highest BCUT2D eigenvalue weighted by molar-refractivity contribution is 6.31. The molecule has 25 heavy (non-hydrogen) atoms. The Hall–Kier alpha value is -1.79. The lowest BCUT2D eigenvalue weighted by atomic mass is 9.97. The lowest BCUT2D eigenvalue weighted by molar-refractivity contribution is 0.203. The third kappa shape index (κ3) is 4.44. The lowest BCUT2D eigenvalue weighted by Crippen LogP contribution is -2.35. The van der Waals surface area contributed by atoms with E-state index in [4.69, 9.17) is 16.0 Å². The van der Waals surface area contributed by atoms with Crippen LogP contribution in [0.1, 0.15) is 44.4 Å². The average Bonchev–Trinajstić information content (AvgIpc) is 3.09. The molecule has 7 heteroatoms. The molecule has 0 saturated carbocycles. The molecule has 1 saturated heterocycles. The van der Waals surface area contributed by atoms with Gasteiger partial charge in [-0.3, -0.25) is 0 Å². The Morgan fingerprint density at radius 2 is 2.08 bits per heavy atom. The molecular formula is C18H25ClN4O2. The maximum Gasteiger partial charge on any atom is 0.235 e. The number of hydrogen-bond donors (Lipinski definition) is 2. The number of aliphatic hydroxyl groups excluding tert-OH is 1. The van der Waals surface area contributed by atoms with Crippen molar-refractivity contribution in [3.05, 3.63) is 35.0 Å². The SMILES string of the molecule is CC(C)c1nnc(CNc2cc(Cl)ccc2N2CCC(CO)CC2)o1. The van der Waals surface area contributed by atoms with E-state index in [1.54, 1.807) is 0 Å². The Labute approximate surface area is 153 Å². The molecule has 0 bridgehead atoms. The van der Waals surface area contributed by atoms with Crippen LogP contribution >= 0.6 is 11.6 Å². The summed E-state index contributed by atoms with van der Waals surface area (Å²) in [6.45, 7) is 6.64. The molecule has 0 atom stereocenters. The van der Waals surface area contributed by atoms with Gasteiger partial charge in [0, 0.05) is 30.6 Å². The molecule has 1 aliphatic rings. The second kappa shape index (κ2) is 8.06. The molecular weight excluding hydrogens is 340 g/mol. The highest BCUT2D eigenvalue weighted by atomic mass is 35.5. The molecule has 2 heterocycles. The van der Waals surface area contributed by atoms with Gasteiger partial charge in [-0.25, -0.2) is 0 Å². The van der Waals surface area contributed by atoms with Crippen LogP contribution in [0.3, 0.4) is 0 Å². The summed E-state index contributed by atoms with van der Waals surface area (Å²) in [5.74, 6) is 1.84. The van der Waals surface area contributed by atoms with E-state index in [2.05, 4.69) is 20.4 Å². The summed E-state index contributed by atoms with van der Waals surface area (Å²) < 4.78 is 5.65. The van der Waals surface area contributed by atoms with E-state index in [0.717, 1.165) is 37.3 Å². The van der Waals surface area contributed by atoms with Crippen LogP contribution in [-0.2, 0) is 6.54 Å². The molecule has 136 valence electrons. The number of aromatic nitrogens is 2. The van der Waals surface area contributed by atoms with Crippen molar-refractivity contribution in [1.82, 2.24) is 10.2 Å². The lowest BCUT2D eigenvalue weighted by Gasteiger charge is -2.34. The van der Waals surface area contributed by atoms with Crippen LogP contribution in [0.15, 0.2) is 22.6 Å². The Kier molecular flexibility index (Phi) is 5.81. The van der Waals surface area contributed by atoms with Gasteiger partial charge in [-0.15, -0.1) is 10.2 Å². The largest absolute Gasteiger partial charge is 0.423 e. The monoisotopic (exact) mass is 364 g/mol. The van der Waals surface area contributed by atoms with Crippen LogP contribution in [-0.4, -0.2) is 35.0 Å². The van der Waals surface area contributed by atoms with E-state index in [9.17, 15) is 5.11 Å². The maximum atomic E-state index is 9.32. The molecule has 1 fully saturated rings. The van der Waals surface area contributed by atoms with E-state index >= 15 is 0 Å². The van der Waals surface area contributed by atoms with Gasteiger partial charge in [0.2, 0.25) is 11.8 Å². The molecule has 0 amide bonds. The highest BCUT2D eigenvalue weighted by Crippen LogP contribution is 2.32. The van der Waals surface area contributed by atoms with Gasteiger partial charge in [0.05, 0.1) is 17.9 Å². The zero-order valence-electron chi connectivity index (χ0n) is 14.7. The number of benzene rings is 1. The first kappa shape index (κ1) is 18.0. The van der Waals surface area contributed by atoms with Gasteiger partial charge < -0.3 is 19.7 Å². The molecule has 1 aromatic heterocycles. The van der Waals surface area contributed by atoms with Gasteiger partial charge in [-0.2, -0.15) is 0 Å². The number of halogens is 1. The third-order valence-corrected chi connectivity index (χ3v) is 4.81. The van der Waals surface area contributed by atoms with E-state index in [0.29, 0.717) is 29.3 Å². The molecule has 1 aliphatic heterocycles. The molecule has 0 radical (unpaired) electrons. The van der Waals surface area contributed by atoms with E-state index in [1.807, 2.05) is 32.0 Å². The van der Waals surface area contributed by atoms with Crippen molar-refractivity contribution in [2.75, 3.05) is 29.9 Å². The van der Waals surface area contributed by atoms with Crippen molar-refractivity contribution in [3.63, 3.8) is 0 Å². The predicted octanol–water partition coefficient (Wildman–Crippen LogP) is 3.67. The smallest absolute Gasteiger partial charge is 0.235 e. The van der Waals surface area contributed by atoms with Crippen LogP contribution in [0.5, 0.6) is 0 Å². The summed E-state index contributed by atoms with van der Waals surface area (Å²) in [4.78, 5) is 2.33. The fourth-order valence-corrected chi connectivity index (χ4v) is 3.20. The highest BCUT2D eigenvalue weighted by Gasteiger charge is 2.21. The summed E-state index contributed by atoms with van der Waals surface area (Å²) in [6.07, 6.45) is 2.00. The van der Waals surface area contributed by atoms with Crippen molar-refractivity contribution in [3.8, 4) is 0 Å². The van der Waals surface area contributed by atoms with Crippen molar-refractivity contribution >= 4 is 23.0 Å². The Balaban J connectivity index is 1.70. The minimum atomic E-state index is 0.218. The van der Waals surface area contributed by atoms with Gasteiger partial charge in [-0.1, -0.05) is 25.4 Å². The number of nitrogens with one attached hydrogen (secondary N) is 1. The zero-order chi connectivity index (χ0) is 17.8. The Morgan fingerprint density at radius 3 is 2.72 bits per heavy atom. The van der Waals surface area contributed by atoms with Crippen LogP contribution in [0.4, 0.5) is 11.4 Å². The molecule has 0 spiro atoms. The average molecular weight is 365 g/mol. The first-order valence-electron chi connectivity index (χ1n) is 8.78. The fourth-order valence-electron chi connectivity index (χ4n) is 3.02. The molecule has 0 unspecified atom stereocenters. The number of aliphatic hydroxyl groups is 1. The van der Waals surface area contributed by atoms with Crippen molar-refractivity contribution in [2.45, 2.75) is 39.2 Å². The van der Waals surface area contributed by atoms with E-state index in [1.165, 1.54) is 0 Å². The van der Waals surface area contributed by atoms with Crippen LogP contribution in [0.25, 0.3) is 0 Å². The molecule has 2 aromatic rings. The Bertz CT molecular complexity index is 696. The maximum absolute atomic E-state index is 9.32. The fraction of sp³-hybridized carbons (Fsp3) is 0.556. The second-order valence-corrected chi connectivity index (χ2v) is 7.25. The van der Waals surface area contributed by atoms with Crippen molar-refractivity contribution in [2.24, 2.45) is 5.92 Å². The molecule has 0 aliphatic carbocycles. The van der Waals surface area contributed by atoms with Gasteiger partial charge in [-0.05, 0) is 37.0 Å². The molecule has 1 aromatic carbocycles. The number of anilines is 2. The van der Waals surface area contributed by atoms with Crippen molar-refractivity contribution in [1.29, 1.82) is 0 Å². The number of nitrogens with zero attached hydrogens (tertiary/aromatic N) is 3. The third-order valence-electron chi connectivity index (χ3n) is 4.58.